The molecule has 0 radical (unpaired) electrons. The number of piperidine rings is 3. The SMILES string of the molecule is CCC1CCN(CC(=O)N(CC2CCN(C=O)CC2)C2CCNCC2)CC1. The number of nitrogens with zero attached hydrogens (tertiary/aromatic N) is 3. The molecule has 6 nitrogen and oxygen atoms in total. The third-order valence-electron chi connectivity index (χ3n) is 6.97. The summed E-state index contributed by atoms with van der Waals surface area (Å²) in [5.41, 5.74) is 0. The Bertz CT molecular complexity index is 465. The fourth-order valence-electron chi connectivity index (χ4n) is 4.93. The molecule has 2 amide bonds. The summed E-state index contributed by atoms with van der Waals surface area (Å²) in [5, 5.41) is 3.42. The Hall–Kier alpha value is -1.14. The summed E-state index contributed by atoms with van der Waals surface area (Å²) < 4.78 is 0. The average Bonchev–Trinajstić information content (AvgIpc) is 2.73. The lowest BCUT2D eigenvalue weighted by atomic mass is 9.93. The monoisotopic (exact) mass is 378 g/mol. The van der Waals surface area contributed by atoms with Crippen LogP contribution in [0.4, 0.5) is 0 Å². The summed E-state index contributed by atoms with van der Waals surface area (Å²) >= 11 is 0. The molecule has 0 spiro atoms. The summed E-state index contributed by atoms with van der Waals surface area (Å²) in [6.07, 6.45) is 8.88. The van der Waals surface area contributed by atoms with Crippen molar-refractivity contribution in [3.63, 3.8) is 0 Å². The van der Waals surface area contributed by atoms with Crippen LogP contribution >= 0.6 is 0 Å². The van der Waals surface area contributed by atoms with E-state index in [0.717, 1.165) is 83.8 Å². The maximum atomic E-state index is 13.3. The van der Waals surface area contributed by atoms with Crippen molar-refractivity contribution >= 4 is 12.3 Å². The maximum Gasteiger partial charge on any atom is 0.237 e. The van der Waals surface area contributed by atoms with E-state index in [1.165, 1.54) is 19.3 Å². The van der Waals surface area contributed by atoms with Crippen molar-refractivity contribution < 1.29 is 9.59 Å². The lowest BCUT2D eigenvalue weighted by Gasteiger charge is -2.40. The fraction of sp³-hybridized carbons (Fsp3) is 0.905. The Morgan fingerprint density at radius 3 is 2.22 bits per heavy atom. The van der Waals surface area contributed by atoms with Gasteiger partial charge in [-0.1, -0.05) is 13.3 Å². The summed E-state index contributed by atoms with van der Waals surface area (Å²) in [7, 11) is 0. The Morgan fingerprint density at radius 1 is 1.00 bits per heavy atom. The number of carbonyl (C=O) groups is 2. The van der Waals surface area contributed by atoms with Crippen molar-refractivity contribution in [1.82, 2.24) is 20.0 Å². The van der Waals surface area contributed by atoms with Crippen LogP contribution in [0.5, 0.6) is 0 Å². The van der Waals surface area contributed by atoms with Gasteiger partial charge in [0.05, 0.1) is 6.54 Å². The zero-order chi connectivity index (χ0) is 19.1. The van der Waals surface area contributed by atoms with Gasteiger partial charge in [-0.3, -0.25) is 14.5 Å². The van der Waals surface area contributed by atoms with Gasteiger partial charge in [-0.15, -0.1) is 0 Å². The van der Waals surface area contributed by atoms with Crippen molar-refractivity contribution in [3.8, 4) is 0 Å². The molecule has 3 heterocycles. The molecule has 0 aliphatic carbocycles. The minimum Gasteiger partial charge on any atom is -0.345 e. The number of carbonyl (C=O) groups excluding carboxylic acids is 2. The summed E-state index contributed by atoms with van der Waals surface area (Å²) in [6, 6.07) is 0.385. The molecule has 0 aromatic carbocycles. The van der Waals surface area contributed by atoms with E-state index in [-0.39, 0.29) is 0 Å². The van der Waals surface area contributed by atoms with Crippen LogP contribution in [-0.2, 0) is 9.59 Å². The molecule has 0 bridgehead atoms. The van der Waals surface area contributed by atoms with Crippen molar-refractivity contribution in [2.75, 3.05) is 52.4 Å². The molecule has 6 heteroatoms. The molecule has 0 aromatic rings. The first-order valence-corrected chi connectivity index (χ1v) is 11.1. The minimum atomic E-state index is 0.328. The quantitative estimate of drug-likeness (QED) is 0.683. The third-order valence-corrected chi connectivity index (χ3v) is 6.97. The predicted molar refractivity (Wildman–Crippen MR) is 107 cm³/mol. The number of rotatable bonds is 7. The molecule has 27 heavy (non-hydrogen) atoms. The van der Waals surface area contributed by atoms with Gasteiger partial charge in [0, 0.05) is 25.7 Å². The fourth-order valence-corrected chi connectivity index (χ4v) is 4.93. The molecule has 0 aromatic heterocycles. The number of nitrogens with one attached hydrogen (secondary N) is 1. The van der Waals surface area contributed by atoms with Crippen LogP contribution in [0, 0.1) is 11.8 Å². The number of hydrogen-bond acceptors (Lipinski definition) is 4. The summed E-state index contributed by atoms with van der Waals surface area (Å²) in [4.78, 5) is 30.7. The highest BCUT2D eigenvalue weighted by Crippen LogP contribution is 2.23. The van der Waals surface area contributed by atoms with Gasteiger partial charge in [0.2, 0.25) is 12.3 Å². The molecule has 3 aliphatic rings. The van der Waals surface area contributed by atoms with Crippen LogP contribution in [0.2, 0.25) is 0 Å². The molecule has 3 aliphatic heterocycles. The first-order valence-electron chi connectivity index (χ1n) is 11.1. The zero-order valence-electron chi connectivity index (χ0n) is 17.1. The normalized spacial score (nSPS) is 24.1. The molecular weight excluding hydrogens is 340 g/mol. The van der Waals surface area contributed by atoms with Crippen molar-refractivity contribution in [2.45, 2.75) is 57.9 Å². The zero-order valence-corrected chi connectivity index (χ0v) is 17.1. The molecule has 154 valence electrons. The van der Waals surface area contributed by atoms with Crippen molar-refractivity contribution in [1.29, 1.82) is 0 Å². The highest BCUT2D eigenvalue weighted by atomic mass is 16.2. The Morgan fingerprint density at radius 2 is 1.63 bits per heavy atom. The summed E-state index contributed by atoms with van der Waals surface area (Å²) in [6.45, 7) is 9.60. The molecule has 3 saturated heterocycles. The molecule has 0 atom stereocenters. The van der Waals surface area contributed by atoms with Crippen LogP contribution in [0.25, 0.3) is 0 Å². The van der Waals surface area contributed by atoms with Gasteiger partial charge >= 0.3 is 0 Å². The van der Waals surface area contributed by atoms with Gasteiger partial charge in [0.15, 0.2) is 0 Å². The van der Waals surface area contributed by atoms with Gasteiger partial charge in [-0.2, -0.15) is 0 Å². The number of amides is 2. The highest BCUT2D eigenvalue weighted by molar-refractivity contribution is 5.78. The average molecular weight is 379 g/mol. The van der Waals surface area contributed by atoms with E-state index < -0.39 is 0 Å². The second-order valence-electron chi connectivity index (χ2n) is 8.74. The van der Waals surface area contributed by atoms with E-state index in [0.29, 0.717) is 24.4 Å². The standard InChI is InChI=1S/C21H38N4O2/c1-2-18-5-11-23(12-6-18)16-21(27)25(20-3-9-22-10-4-20)15-19-7-13-24(17-26)14-8-19/h17-20,22H,2-16H2,1H3. The Balaban J connectivity index is 1.56. The van der Waals surface area contributed by atoms with E-state index in [2.05, 4.69) is 22.0 Å². The van der Waals surface area contributed by atoms with Crippen LogP contribution in [0.15, 0.2) is 0 Å². The van der Waals surface area contributed by atoms with Crippen LogP contribution in [0.1, 0.15) is 51.9 Å². The van der Waals surface area contributed by atoms with E-state index in [9.17, 15) is 9.59 Å². The van der Waals surface area contributed by atoms with E-state index in [1.54, 1.807) is 0 Å². The molecule has 0 unspecified atom stereocenters. The third kappa shape index (κ3) is 5.92. The smallest absolute Gasteiger partial charge is 0.237 e. The number of hydrogen-bond donors (Lipinski definition) is 1. The summed E-state index contributed by atoms with van der Waals surface area (Å²) in [5.74, 6) is 1.71. The predicted octanol–water partition coefficient (Wildman–Crippen LogP) is 1.56. The lowest BCUT2D eigenvalue weighted by Crippen LogP contribution is -2.52. The van der Waals surface area contributed by atoms with Crippen molar-refractivity contribution in [3.05, 3.63) is 0 Å². The van der Waals surface area contributed by atoms with Crippen LogP contribution in [0.3, 0.4) is 0 Å². The minimum absolute atomic E-state index is 0.328. The van der Waals surface area contributed by atoms with Gasteiger partial charge < -0.3 is 15.1 Å². The van der Waals surface area contributed by atoms with Crippen LogP contribution in [-0.4, -0.2) is 85.4 Å². The van der Waals surface area contributed by atoms with E-state index in [4.69, 9.17) is 0 Å². The Labute approximate surface area is 164 Å². The largest absolute Gasteiger partial charge is 0.345 e. The molecular formula is C21H38N4O2. The van der Waals surface area contributed by atoms with Gasteiger partial charge in [0.1, 0.15) is 0 Å². The topological polar surface area (TPSA) is 55.9 Å². The molecule has 1 N–H and O–H groups in total. The second-order valence-corrected chi connectivity index (χ2v) is 8.74. The van der Waals surface area contributed by atoms with Gasteiger partial charge in [-0.25, -0.2) is 0 Å². The maximum absolute atomic E-state index is 13.3. The highest BCUT2D eigenvalue weighted by Gasteiger charge is 2.30. The second kappa shape index (κ2) is 10.4. The van der Waals surface area contributed by atoms with Gasteiger partial charge in [-0.05, 0) is 76.5 Å². The molecule has 3 rings (SSSR count). The van der Waals surface area contributed by atoms with E-state index in [1.807, 2.05) is 4.90 Å². The molecule has 0 saturated carbocycles. The Kier molecular flexibility index (Phi) is 7.94. The lowest BCUT2D eigenvalue weighted by molar-refractivity contribution is -0.137. The molecule has 3 fully saturated rings. The number of likely N-dealkylation sites (tertiary alicyclic amines) is 2. The first kappa shape index (κ1) is 20.6. The van der Waals surface area contributed by atoms with Gasteiger partial charge in [0.25, 0.3) is 0 Å². The van der Waals surface area contributed by atoms with Crippen molar-refractivity contribution in [2.24, 2.45) is 11.8 Å². The van der Waals surface area contributed by atoms with E-state index >= 15 is 0 Å². The first-order chi connectivity index (χ1) is 13.2. The van der Waals surface area contributed by atoms with Crippen LogP contribution < -0.4 is 5.32 Å².